The largest absolute Gasteiger partial charge is 0.485 e. The first-order valence-corrected chi connectivity index (χ1v) is 7.60. The summed E-state index contributed by atoms with van der Waals surface area (Å²) in [4.78, 5) is 11.2. The third-order valence-corrected chi connectivity index (χ3v) is 3.53. The molecule has 0 saturated carbocycles. The summed E-state index contributed by atoms with van der Waals surface area (Å²) < 4.78 is 8.09. The second kappa shape index (κ2) is 7.34. The quantitative estimate of drug-likeness (QED) is 0.716. The number of hydrogen-bond acceptors (Lipinski definition) is 5. The highest BCUT2D eigenvalue weighted by atomic mass is 127. The zero-order valence-electron chi connectivity index (χ0n) is 11.5. The number of unbranched alkanes of at least 4 members (excludes halogenated alkanes) is 1. The van der Waals surface area contributed by atoms with Gasteiger partial charge in [-0.25, -0.2) is 9.48 Å². The SMILES string of the molecule is CCCCn1nnnc1COc1ccc(I)cc1C(=O)O. The molecule has 1 aromatic heterocycles. The summed E-state index contributed by atoms with van der Waals surface area (Å²) in [6.07, 6.45) is 2.02. The molecule has 2 rings (SSSR count). The second-order valence-corrected chi connectivity index (χ2v) is 5.65. The summed E-state index contributed by atoms with van der Waals surface area (Å²) in [5.41, 5.74) is 0.134. The number of carboxylic acid groups (broad SMARTS) is 1. The number of rotatable bonds is 7. The Hall–Kier alpha value is -1.71. The molecule has 1 N–H and O–H groups in total. The fourth-order valence-corrected chi connectivity index (χ4v) is 2.24. The van der Waals surface area contributed by atoms with Gasteiger partial charge >= 0.3 is 5.97 Å². The number of aromatic nitrogens is 4. The summed E-state index contributed by atoms with van der Waals surface area (Å²) in [6, 6.07) is 5.01. The van der Waals surface area contributed by atoms with Crippen LogP contribution in [0.25, 0.3) is 0 Å². The Bertz CT molecular complexity index is 630. The lowest BCUT2D eigenvalue weighted by Crippen LogP contribution is -2.10. The summed E-state index contributed by atoms with van der Waals surface area (Å²) in [6.45, 7) is 2.95. The van der Waals surface area contributed by atoms with Crippen molar-refractivity contribution in [3.05, 3.63) is 33.2 Å². The van der Waals surface area contributed by atoms with Crippen LogP contribution in [0.2, 0.25) is 0 Å². The predicted molar refractivity (Wildman–Crippen MR) is 83.2 cm³/mol. The van der Waals surface area contributed by atoms with Crippen LogP contribution in [-0.2, 0) is 13.2 Å². The predicted octanol–water partition coefficient (Wildman–Crippen LogP) is 2.35. The molecule has 0 unspecified atom stereocenters. The molecule has 112 valence electrons. The summed E-state index contributed by atoms with van der Waals surface area (Å²) in [5.74, 6) is -0.125. The van der Waals surface area contributed by atoms with Crippen molar-refractivity contribution in [2.75, 3.05) is 0 Å². The molecule has 1 aromatic carbocycles. The van der Waals surface area contributed by atoms with E-state index >= 15 is 0 Å². The van der Waals surface area contributed by atoms with Crippen LogP contribution in [0.4, 0.5) is 0 Å². The van der Waals surface area contributed by atoms with Gasteiger partial charge in [0.2, 0.25) is 0 Å². The van der Waals surface area contributed by atoms with Crippen LogP contribution in [0.5, 0.6) is 5.75 Å². The van der Waals surface area contributed by atoms with Crippen molar-refractivity contribution < 1.29 is 14.6 Å². The van der Waals surface area contributed by atoms with Crippen molar-refractivity contribution in [1.29, 1.82) is 0 Å². The lowest BCUT2D eigenvalue weighted by Gasteiger charge is -2.09. The van der Waals surface area contributed by atoms with E-state index in [0.717, 1.165) is 23.0 Å². The third-order valence-electron chi connectivity index (χ3n) is 2.86. The van der Waals surface area contributed by atoms with Crippen LogP contribution in [0.1, 0.15) is 35.9 Å². The van der Waals surface area contributed by atoms with Crippen LogP contribution in [-0.4, -0.2) is 31.3 Å². The summed E-state index contributed by atoms with van der Waals surface area (Å²) >= 11 is 2.06. The average molecular weight is 402 g/mol. The standard InChI is InChI=1S/C13H15IN4O3/c1-2-3-6-18-12(15-16-17-18)8-21-11-5-4-9(14)7-10(11)13(19)20/h4-5,7H,2-3,6,8H2,1H3,(H,19,20). The van der Waals surface area contributed by atoms with E-state index in [1.54, 1.807) is 22.9 Å². The van der Waals surface area contributed by atoms with Gasteiger partial charge in [-0.1, -0.05) is 13.3 Å². The molecule has 0 amide bonds. The van der Waals surface area contributed by atoms with E-state index in [9.17, 15) is 9.90 Å². The smallest absolute Gasteiger partial charge is 0.339 e. The number of tetrazole rings is 1. The Kier molecular flexibility index (Phi) is 5.48. The van der Waals surface area contributed by atoms with Gasteiger partial charge in [0, 0.05) is 10.1 Å². The first-order valence-electron chi connectivity index (χ1n) is 6.52. The first-order chi connectivity index (χ1) is 10.1. The molecule has 2 aromatic rings. The highest BCUT2D eigenvalue weighted by Crippen LogP contribution is 2.22. The van der Waals surface area contributed by atoms with Crippen molar-refractivity contribution in [2.24, 2.45) is 0 Å². The number of nitrogens with zero attached hydrogens (tertiary/aromatic N) is 4. The number of benzene rings is 1. The molecule has 21 heavy (non-hydrogen) atoms. The highest BCUT2D eigenvalue weighted by molar-refractivity contribution is 14.1. The number of carbonyl (C=O) groups is 1. The maximum absolute atomic E-state index is 11.2. The van der Waals surface area contributed by atoms with Crippen molar-refractivity contribution in [3.8, 4) is 5.75 Å². The van der Waals surface area contributed by atoms with E-state index in [-0.39, 0.29) is 12.2 Å². The minimum Gasteiger partial charge on any atom is -0.485 e. The third kappa shape index (κ3) is 4.13. The normalized spacial score (nSPS) is 10.6. The fourth-order valence-electron chi connectivity index (χ4n) is 1.75. The Balaban J connectivity index is 2.10. The van der Waals surface area contributed by atoms with Crippen LogP contribution in [0.3, 0.4) is 0 Å². The van der Waals surface area contributed by atoms with Gasteiger partial charge in [-0.15, -0.1) is 5.10 Å². The lowest BCUT2D eigenvalue weighted by molar-refractivity contribution is 0.0691. The topological polar surface area (TPSA) is 90.1 Å². The molecule has 0 aliphatic carbocycles. The van der Waals surface area contributed by atoms with Gasteiger partial charge in [0.05, 0.1) is 0 Å². The molecule has 0 spiro atoms. The molecule has 8 heteroatoms. The Morgan fingerprint density at radius 3 is 3.00 bits per heavy atom. The molecule has 7 nitrogen and oxygen atoms in total. The van der Waals surface area contributed by atoms with Crippen molar-refractivity contribution in [3.63, 3.8) is 0 Å². The monoisotopic (exact) mass is 402 g/mol. The van der Waals surface area contributed by atoms with Gasteiger partial charge in [0.25, 0.3) is 0 Å². The van der Waals surface area contributed by atoms with E-state index in [1.165, 1.54) is 0 Å². The molecule has 0 atom stereocenters. The van der Waals surface area contributed by atoms with Gasteiger partial charge in [-0.05, 0) is 57.6 Å². The number of aryl methyl sites for hydroxylation is 1. The maximum Gasteiger partial charge on any atom is 0.339 e. The molecule has 1 heterocycles. The van der Waals surface area contributed by atoms with Crippen LogP contribution in [0.15, 0.2) is 18.2 Å². The molecule has 0 saturated heterocycles. The minimum absolute atomic E-state index is 0.134. The van der Waals surface area contributed by atoms with Crippen LogP contribution in [0, 0.1) is 3.57 Å². The van der Waals surface area contributed by atoms with Gasteiger partial charge in [0.1, 0.15) is 17.9 Å². The number of hydrogen-bond donors (Lipinski definition) is 1. The van der Waals surface area contributed by atoms with Gasteiger partial charge in [0.15, 0.2) is 5.82 Å². The fraction of sp³-hybridized carbons (Fsp3) is 0.385. The molecular formula is C13H15IN4O3. The van der Waals surface area contributed by atoms with E-state index in [0.29, 0.717) is 11.6 Å². The zero-order chi connectivity index (χ0) is 15.2. The number of aromatic carboxylic acids is 1. The van der Waals surface area contributed by atoms with Crippen LogP contribution >= 0.6 is 22.6 Å². The maximum atomic E-state index is 11.2. The molecule has 0 aliphatic heterocycles. The minimum atomic E-state index is -1.02. The van der Waals surface area contributed by atoms with Gasteiger partial charge in [-0.3, -0.25) is 0 Å². The number of ether oxygens (including phenoxy) is 1. The lowest BCUT2D eigenvalue weighted by atomic mass is 10.2. The van der Waals surface area contributed by atoms with E-state index < -0.39 is 5.97 Å². The first kappa shape index (κ1) is 15.7. The number of halogens is 1. The Labute approximate surface area is 135 Å². The summed E-state index contributed by atoms with van der Waals surface area (Å²) in [5, 5.41) is 20.6. The molecule has 0 radical (unpaired) electrons. The Morgan fingerprint density at radius 1 is 1.48 bits per heavy atom. The number of carboxylic acids is 1. The van der Waals surface area contributed by atoms with E-state index in [2.05, 4.69) is 45.0 Å². The van der Waals surface area contributed by atoms with Crippen molar-refractivity contribution in [1.82, 2.24) is 20.2 Å². The molecular weight excluding hydrogens is 387 g/mol. The zero-order valence-corrected chi connectivity index (χ0v) is 13.6. The van der Waals surface area contributed by atoms with Crippen molar-refractivity contribution >= 4 is 28.6 Å². The van der Waals surface area contributed by atoms with E-state index in [1.807, 2.05) is 0 Å². The van der Waals surface area contributed by atoms with E-state index in [4.69, 9.17) is 4.74 Å². The average Bonchev–Trinajstić information content (AvgIpc) is 2.91. The molecule has 0 fully saturated rings. The second-order valence-electron chi connectivity index (χ2n) is 4.41. The van der Waals surface area contributed by atoms with Crippen LogP contribution < -0.4 is 4.74 Å². The summed E-state index contributed by atoms with van der Waals surface area (Å²) in [7, 11) is 0. The van der Waals surface area contributed by atoms with Gasteiger partial charge in [-0.2, -0.15) is 0 Å². The van der Waals surface area contributed by atoms with Crippen molar-refractivity contribution in [2.45, 2.75) is 32.9 Å². The Morgan fingerprint density at radius 2 is 2.29 bits per heavy atom. The molecule has 0 bridgehead atoms. The highest BCUT2D eigenvalue weighted by Gasteiger charge is 2.13. The van der Waals surface area contributed by atoms with Gasteiger partial charge < -0.3 is 9.84 Å². The molecule has 0 aliphatic rings.